The van der Waals surface area contributed by atoms with Gasteiger partial charge in [0.2, 0.25) is 0 Å². The summed E-state index contributed by atoms with van der Waals surface area (Å²) in [6.45, 7) is 0. The predicted octanol–water partition coefficient (Wildman–Crippen LogP) is 5.00. The Morgan fingerprint density at radius 3 is 2.14 bits per heavy atom. The topological polar surface area (TPSA) is 64.3 Å². The predicted molar refractivity (Wildman–Crippen MR) is 112 cm³/mol. The summed E-state index contributed by atoms with van der Waals surface area (Å²) < 4.78 is 5.15. The Morgan fingerprint density at radius 2 is 1.61 bits per heavy atom. The third-order valence-electron chi connectivity index (χ3n) is 7.29. The lowest BCUT2D eigenvalue weighted by molar-refractivity contribution is -0.00518. The zero-order valence-corrected chi connectivity index (χ0v) is 16.4. The first-order valence-electron chi connectivity index (χ1n) is 10.4. The van der Waals surface area contributed by atoms with Crippen molar-refractivity contribution in [1.82, 2.24) is 0 Å². The van der Waals surface area contributed by atoms with E-state index < -0.39 is 0 Å². The van der Waals surface area contributed by atoms with Gasteiger partial charge in [-0.15, -0.1) is 0 Å². The van der Waals surface area contributed by atoms with Crippen LogP contribution in [0.15, 0.2) is 42.5 Å². The summed E-state index contributed by atoms with van der Waals surface area (Å²) in [7, 11) is 1.57. The number of amides is 1. The molecule has 0 saturated heterocycles. The zero-order valence-electron chi connectivity index (χ0n) is 16.4. The standard InChI is InChI=1S/C24H28N2O2/c1-28-22-7-2-18(11-21(22)25)23(27)26-20-5-3-19(4-6-20)24-12-15-8-16(13-24)10-17(9-15)14-24/h2-7,11,15-17H,8-10,12-14,25H2,1H3,(H,26,27). The van der Waals surface area contributed by atoms with E-state index in [1.54, 1.807) is 25.3 Å². The number of benzene rings is 2. The molecule has 0 aromatic heterocycles. The summed E-state index contributed by atoms with van der Waals surface area (Å²) in [5.41, 5.74) is 9.61. The van der Waals surface area contributed by atoms with Gasteiger partial charge in [0.05, 0.1) is 12.8 Å². The molecule has 4 aliphatic rings. The number of nitrogens with one attached hydrogen (secondary N) is 1. The summed E-state index contributed by atoms with van der Waals surface area (Å²) in [6.07, 6.45) is 8.44. The van der Waals surface area contributed by atoms with E-state index in [-0.39, 0.29) is 5.91 Å². The largest absolute Gasteiger partial charge is 0.495 e. The van der Waals surface area contributed by atoms with Crippen LogP contribution in [0.3, 0.4) is 0 Å². The molecule has 28 heavy (non-hydrogen) atoms. The Balaban J connectivity index is 1.32. The molecule has 2 aromatic carbocycles. The fourth-order valence-corrected chi connectivity index (χ4v) is 6.45. The third kappa shape index (κ3) is 2.95. The second-order valence-electron chi connectivity index (χ2n) is 9.19. The van der Waals surface area contributed by atoms with Crippen LogP contribution in [0.25, 0.3) is 0 Å². The Kier molecular flexibility index (Phi) is 4.11. The maximum Gasteiger partial charge on any atom is 0.255 e. The van der Waals surface area contributed by atoms with Crippen molar-refractivity contribution in [3.8, 4) is 5.75 Å². The average Bonchev–Trinajstić information content (AvgIpc) is 2.67. The molecule has 4 aliphatic carbocycles. The number of anilines is 2. The van der Waals surface area contributed by atoms with Crippen molar-refractivity contribution in [3.05, 3.63) is 53.6 Å². The van der Waals surface area contributed by atoms with Crippen LogP contribution in [0.2, 0.25) is 0 Å². The summed E-state index contributed by atoms with van der Waals surface area (Å²) in [6, 6.07) is 13.7. The van der Waals surface area contributed by atoms with Gasteiger partial charge in [0.1, 0.15) is 5.75 Å². The Bertz CT molecular complexity index is 868. The van der Waals surface area contributed by atoms with Crippen LogP contribution in [0.1, 0.15) is 54.4 Å². The lowest BCUT2D eigenvalue weighted by Gasteiger charge is -2.57. The quantitative estimate of drug-likeness (QED) is 0.738. The molecule has 6 rings (SSSR count). The molecule has 3 N–H and O–H groups in total. The van der Waals surface area contributed by atoms with E-state index in [0.717, 1.165) is 23.4 Å². The smallest absolute Gasteiger partial charge is 0.255 e. The number of methoxy groups -OCH3 is 1. The molecule has 4 fully saturated rings. The SMILES string of the molecule is COc1ccc(C(=O)Nc2ccc(C34CC5CC(CC(C5)C3)C4)cc2)cc1N. The van der Waals surface area contributed by atoms with E-state index in [0.29, 0.717) is 22.4 Å². The first-order valence-corrected chi connectivity index (χ1v) is 10.4. The van der Waals surface area contributed by atoms with Crippen LogP contribution in [-0.4, -0.2) is 13.0 Å². The van der Waals surface area contributed by atoms with Gasteiger partial charge in [0.15, 0.2) is 0 Å². The number of hydrogen-bond donors (Lipinski definition) is 2. The fourth-order valence-electron chi connectivity index (χ4n) is 6.45. The molecule has 0 spiro atoms. The second-order valence-corrected chi connectivity index (χ2v) is 9.19. The monoisotopic (exact) mass is 376 g/mol. The molecule has 4 bridgehead atoms. The second kappa shape index (κ2) is 6.54. The van der Waals surface area contributed by atoms with Gasteiger partial charge in [0, 0.05) is 11.3 Å². The van der Waals surface area contributed by atoms with Crippen LogP contribution < -0.4 is 15.8 Å². The molecule has 0 unspecified atom stereocenters. The molecule has 4 heteroatoms. The van der Waals surface area contributed by atoms with E-state index in [2.05, 4.69) is 29.6 Å². The number of nitrogen functional groups attached to an aromatic ring is 1. The van der Waals surface area contributed by atoms with E-state index in [1.165, 1.54) is 44.1 Å². The van der Waals surface area contributed by atoms with Gasteiger partial charge >= 0.3 is 0 Å². The van der Waals surface area contributed by atoms with Crippen molar-refractivity contribution in [2.24, 2.45) is 17.8 Å². The molecule has 1 amide bonds. The van der Waals surface area contributed by atoms with E-state index in [1.807, 2.05) is 0 Å². The highest BCUT2D eigenvalue weighted by Crippen LogP contribution is 2.60. The molecule has 2 aromatic rings. The molecular formula is C24H28N2O2. The highest BCUT2D eigenvalue weighted by Gasteiger charge is 2.51. The fraction of sp³-hybridized carbons (Fsp3) is 0.458. The highest BCUT2D eigenvalue weighted by atomic mass is 16.5. The minimum absolute atomic E-state index is 0.156. The van der Waals surface area contributed by atoms with Crippen LogP contribution in [0.4, 0.5) is 11.4 Å². The first kappa shape index (κ1) is 17.6. The van der Waals surface area contributed by atoms with Gasteiger partial charge in [0.25, 0.3) is 5.91 Å². The molecule has 0 heterocycles. The Morgan fingerprint density at radius 1 is 1.00 bits per heavy atom. The van der Waals surface area contributed by atoms with Gasteiger partial charge in [-0.05, 0) is 97.6 Å². The van der Waals surface area contributed by atoms with E-state index in [4.69, 9.17) is 10.5 Å². The molecule has 4 nitrogen and oxygen atoms in total. The summed E-state index contributed by atoms with van der Waals surface area (Å²) in [4.78, 5) is 12.6. The van der Waals surface area contributed by atoms with E-state index in [9.17, 15) is 4.79 Å². The Hall–Kier alpha value is -2.49. The highest BCUT2D eigenvalue weighted by molar-refractivity contribution is 6.05. The maximum absolute atomic E-state index is 12.6. The minimum Gasteiger partial charge on any atom is -0.495 e. The number of carbonyl (C=O) groups is 1. The minimum atomic E-state index is -0.156. The number of carbonyl (C=O) groups excluding carboxylic acids is 1. The lowest BCUT2D eigenvalue weighted by atomic mass is 9.48. The van der Waals surface area contributed by atoms with Gasteiger partial charge in [-0.2, -0.15) is 0 Å². The van der Waals surface area contributed by atoms with Gasteiger partial charge in [-0.3, -0.25) is 4.79 Å². The van der Waals surface area contributed by atoms with Gasteiger partial charge in [-0.25, -0.2) is 0 Å². The van der Waals surface area contributed by atoms with Crippen molar-refractivity contribution >= 4 is 17.3 Å². The number of ether oxygens (including phenoxy) is 1. The van der Waals surface area contributed by atoms with Gasteiger partial charge in [-0.1, -0.05) is 12.1 Å². The average molecular weight is 377 g/mol. The van der Waals surface area contributed by atoms with Gasteiger partial charge < -0.3 is 15.8 Å². The van der Waals surface area contributed by atoms with Crippen LogP contribution in [-0.2, 0) is 5.41 Å². The third-order valence-corrected chi connectivity index (χ3v) is 7.29. The molecule has 0 atom stereocenters. The van der Waals surface area contributed by atoms with Crippen molar-refractivity contribution in [2.75, 3.05) is 18.2 Å². The van der Waals surface area contributed by atoms with Crippen LogP contribution >= 0.6 is 0 Å². The number of rotatable bonds is 4. The molecule has 4 saturated carbocycles. The first-order chi connectivity index (χ1) is 13.5. The zero-order chi connectivity index (χ0) is 19.3. The number of hydrogen-bond acceptors (Lipinski definition) is 3. The molecule has 146 valence electrons. The molecule has 0 aliphatic heterocycles. The van der Waals surface area contributed by atoms with Crippen molar-refractivity contribution in [2.45, 2.75) is 43.9 Å². The summed E-state index contributed by atoms with van der Waals surface area (Å²) in [5.74, 6) is 3.23. The lowest BCUT2D eigenvalue weighted by Crippen LogP contribution is -2.48. The molecule has 0 radical (unpaired) electrons. The summed E-state index contributed by atoms with van der Waals surface area (Å²) >= 11 is 0. The maximum atomic E-state index is 12.6. The normalized spacial score (nSPS) is 30.2. The number of nitrogens with two attached hydrogens (primary N) is 1. The summed E-state index contributed by atoms with van der Waals surface area (Å²) in [5, 5.41) is 2.99. The van der Waals surface area contributed by atoms with Crippen LogP contribution in [0.5, 0.6) is 5.75 Å². The Labute approximate surface area is 166 Å². The van der Waals surface area contributed by atoms with Crippen LogP contribution in [0, 0.1) is 17.8 Å². The van der Waals surface area contributed by atoms with E-state index >= 15 is 0 Å². The van der Waals surface area contributed by atoms with Crippen molar-refractivity contribution in [1.29, 1.82) is 0 Å². The molecular weight excluding hydrogens is 348 g/mol. The van der Waals surface area contributed by atoms with Crippen molar-refractivity contribution in [3.63, 3.8) is 0 Å². The van der Waals surface area contributed by atoms with Crippen molar-refractivity contribution < 1.29 is 9.53 Å².